The minimum absolute atomic E-state index is 0.00231. The van der Waals surface area contributed by atoms with Crippen LogP contribution in [0.1, 0.15) is 28.4 Å². The average molecular weight is 358 g/mol. The van der Waals surface area contributed by atoms with Crippen LogP contribution in [0.2, 0.25) is 0 Å². The molecule has 7 heteroatoms. The van der Waals surface area contributed by atoms with E-state index in [0.717, 1.165) is 5.56 Å². The largest absolute Gasteiger partial charge is 0.444 e. The summed E-state index contributed by atoms with van der Waals surface area (Å²) >= 11 is 0. The number of esters is 1. The molecule has 0 aliphatic carbocycles. The molecule has 2 aromatic carbocycles. The molecular weight excluding hydrogens is 340 g/mol. The Morgan fingerprint density at radius 1 is 1.24 bits per heavy atom. The third-order valence-corrected chi connectivity index (χ3v) is 5.03. The van der Waals surface area contributed by atoms with Gasteiger partial charge in [0.2, 0.25) is 10.0 Å². The Bertz CT molecular complexity index is 902. The zero-order chi connectivity index (χ0) is 18.4. The van der Waals surface area contributed by atoms with Gasteiger partial charge in [0.25, 0.3) is 0 Å². The van der Waals surface area contributed by atoms with Crippen molar-refractivity contribution in [2.45, 2.75) is 31.4 Å². The van der Waals surface area contributed by atoms with Crippen molar-refractivity contribution in [2.75, 3.05) is 0 Å². The van der Waals surface area contributed by atoms with Crippen molar-refractivity contribution >= 4 is 16.0 Å². The Kier molecular flexibility index (Phi) is 5.91. The highest BCUT2D eigenvalue weighted by atomic mass is 32.2. The van der Waals surface area contributed by atoms with Gasteiger partial charge in [-0.2, -0.15) is 5.26 Å². The third-order valence-electron chi connectivity index (χ3n) is 3.49. The second-order valence-electron chi connectivity index (χ2n) is 5.47. The van der Waals surface area contributed by atoms with Crippen LogP contribution in [0.5, 0.6) is 0 Å². The quantitative estimate of drug-likeness (QED) is 0.801. The lowest BCUT2D eigenvalue weighted by Crippen LogP contribution is -2.24. The van der Waals surface area contributed by atoms with Crippen LogP contribution < -0.4 is 4.72 Å². The predicted octanol–water partition coefficient (Wildman–Crippen LogP) is 2.54. The lowest BCUT2D eigenvalue weighted by Gasteiger charge is -2.12. The van der Waals surface area contributed by atoms with Crippen molar-refractivity contribution in [1.82, 2.24) is 4.72 Å². The fourth-order valence-corrected chi connectivity index (χ4v) is 3.41. The molecule has 6 nitrogen and oxygen atoms in total. The molecule has 0 amide bonds. The average Bonchev–Trinajstić information content (AvgIpc) is 2.61. The Balaban J connectivity index is 2.23. The van der Waals surface area contributed by atoms with E-state index < -0.39 is 22.1 Å². The van der Waals surface area contributed by atoms with Crippen molar-refractivity contribution < 1.29 is 17.9 Å². The summed E-state index contributed by atoms with van der Waals surface area (Å²) < 4.78 is 32.6. The van der Waals surface area contributed by atoms with Gasteiger partial charge in [-0.05, 0) is 37.1 Å². The summed E-state index contributed by atoms with van der Waals surface area (Å²) in [5.74, 6) is -0.742. The number of benzene rings is 2. The molecule has 0 aliphatic heterocycles. The summed E-state index contributed by atoms with van der Waals surface area (Å²) in [6.07, 6.45) is -0.912. The molecule has 0 spiro atoms. The highest BCUT2D eigenvalue weighted by Crippen LogP contribution is 2.18. The molecule has 25 heavy (non-hydrogen) atoms. The number of aryl methyl sites for hydroxylation is 1. The van der Waals surface area contributed by atoms with E-state index in [1.165, 1.54) is 25.1 Å². The summed E-state index contributed by atoms with van der Waals surface area (Å²) in [5.41, 5.74) is 1.40. The number of hydrogen-bond donors (Lipinski definition) is 1. The highest BCUT2D eigenvalue weighted by Gasteiger charge is 2.20. The molecule has 0 bridgehead atoms. The van der Waals surface area contributed by atoms with Gasteiger partial charge in [-0.3, -0.25) is 0 Å². The number of nitrogens with zero attached hydrogens (tertiary/aromatic N) is 1. The molecule has 0 unspecified atom stereocenters. The molecule has 0 aliphatic rings. The summed E-state index contributed by atoms with van der Waals surface area (Å²) in [4.78, 5) is 12.0. The molecule has 0 saturated heterocycles. The maximum atomic E-state index is 12.6. The minimum Gasteiger partial charge on any atom is -0.444 e. The molecule has 0 saturated carbocycles. The van der Waals surface area contributed by atoms with Crippen molar-refractivity contribution in [3.05, 3.63) is 65.2 Å². The van der Waals surface area contributed by atoms with Gasteiger partial charge in [-0.1, -0.05) is 36.4 Å². The van der Waals surface area contributed by atoms with Crippen molar-refractivity contribution in [2.24, 2.45) is 0 Å². The number of carbonyl (C=O) groups is 1. The second-order valence-corrected chi connectivity index (χ2v) is 7.20. The van der Waals surface area contributed by atoms with Crippen LogP contribution in [-0.2, 0) is 21.3 Å². The van der Waals surface area contributed by atoms with E-state index in [4.69, 9.17) is 10.00 Å². The highest BCUT2D eigenvalue weighted by molar-refractivity contribution is 7.89. The fourth-order valence-electron chi connectivity index (χ4n) is 2.12. The van der Waals surface area contributed by atoms with Gasteiger partial charge in [0.15, 0.2) is 6.10 Å². The lowest BCUT2D eigenvalue weighted by atomic mass is 10.1. The molecule has 2 rings (SSSR count). The lowest BCUT2D eigenvalue weighted by molar-refractivity contribution is 0.0435. The van der Waals surface area contributed by atoms with E-state index in [1.54, 1.807) is 13.0 Å². The fraction of sp³-hybridized carbons (Fsp3) is 0.222. The topological polar surface area (TPSA) is 96.3 Å². The number of ether oxygens (including phenoxy) is 1. The standard InChI is InChI=1S/C18H18N2O4S/c1-13-8-9-16(18(21)24-14(2)11-19)10-17(13)25(22,23)20-12-15-6-4-3-5-7-15/h3-10,14,20H,12H2,1-2H3/t14-/m0/s1. The predicted molar refractivity (Wildman–Crippen MR) is 92.1 cm³/mol. The van der Waals surface area contributed by atoms with Gasteiger partial charge in [0, 0.05) is 6.54 Å². The second kappa shape index (κ2) is 7.92. The number of sulfonamides is 1. The summed E-state index contributed by atoms with van der Waals surface area (Å²) in [6.45, 7) is 3.22. The van der Waals surface area contributed by atoms with E-state index >= 15 is 0 Å². The number of hydrogen-bond acceptors (Lipinski definition) is 5. The molecule has 130 valence electrons. The van der Waals surface area contributed by atoms with E-state index in [1.807, 2.05) is 30.3 Å². The first kappa shape index (κ1) is 18.6. The van der Waals surface area contributed by atoms with Crippen LogP contribution in [0.4, 0.5) is 0 Å². The molecule has 0 fully saturated rings. The van der Waals surface area contributed by atoms with E-state index in [9.17, 15) is 13.2 Å². The Morgan fingerprint density at radius 2 is 1.92 bits per heavy atom. The van der Waals surface area contributed by atoms with Crippen LogP contribution in [0.25, 0.3) is 0 Å². The van der Waals surface area contributed by atoms with E-state index in [-0.39, 0.29) is 17.0 Å². The zero-order valence-corrected chi connectivity index (χ0v) is 14.7. The van der Waals surface area contributed by atoms with Crippen LogP contribution in [0, 0.1) is 18.3 Å². The van der Waals surface area contributed by atoms with Crippen LogP contribution in [-0.4, -0.2) is 20.5 Å². The Labute approximate surface area is 147 Å². The normalized spacial score (nSPS) is 12.2. The molecule has 1 N–H and O–H groups in total. The van der Waals surface area contributed by atoms with Crippen LogP contribution in [0.3, 0.4) is 0 Å². The molecular formula is C18H18N2O4S. The van der Waals surface area contributed by atoms with Gasteiger partial charge in [0.05, 0.1) is 10.5 Å². The van der Waals surface area contributed by atoms with E-state index in [0.29, 0.717) is 5.56 Å². The summed E-state index contributed by atoms with van der Waals surface area (Å²) in [7, 11) is -3.80. The first-order valence-corrected chi connectivity index (χ1v) is 9.06. The van der Waals surface area contributed by atoms with Crippen molar-refractivity contribution in [3.8, 4) is 6.07 Å². The van der Waals surface area contributed by atoms with Crippen molar-refractivity contribution in [3.63, 3.8) is 0 Å². The van der Waals surface area contributed by atoms with Gasteiger partial charge in [-0.15, -0.1) is 0 Å². The zero-order valence-electron chi connectivity index (χ0n) is 13.9. The molecule has 0 radical (unpaired) electrons. The molecule has 1 atom stereocenters. The van der Waals surface area contributed by atoms with E-state index in [2.05, 4.69) is 4.72 Å². The van der Waals surface area contributed by atoms with Crippen molar-refractivity contribution in [1.29, 1.82) is 5.26 Å². The third kappa shape index (κ3) is 4.89. The minimum atomic E-state index is -3.80. The number of nitriles is 1. The van der Waals surface area contributed by atoms with Gasteiger partial charge in [-0.25, -0.2) is 17.9 Å². The smallest absolute Gasteiger partial charge is 0.339 e. The molecule has 0 heterocycles. The maximum Gasteiger partial charge on any atom is 0.339 e. The number of carbonyl (C=O) groups excluding carboxylic acids is 1. The number of rotatable bonds is 6. The van der Waals surface area contributed by atoms with Crippen LogP contribution in [0.15, 0.2) is 53.4 Å². The van der Waals surface area contributed by atoms with Gasteiger partial charge < -0.3 is 4.74 Å². The van der Waals surface area contributed by atoms with Gasteiger partial charge >= 0.3 is 5.97 Å². The Hall–Kier alpha value is -2.69. The first-order chi connectivity index (χ1) is 11.8. The maximum absolute atomic E-state index is 12.6. The molecule has 0 aromatic heterocycles. The Morgan fingerprint density at radius 3 is 2.56 bits per heavy atom. The molecule has 2 aromatic rings. The SMILES string of the molecule is Cc1ccc(C(=O)O[C@@H](C)C#N)cc1S(=O)(=O)NCc1ccccc1. The first-order valence-electron chi connectivity index (χ1n) is 7.58. The summed E-state index contributed by atoms with van der Waals surface area (Å²) in [6, 6.07) is 15.2. The number of nitrogens with one attached hydrogen (secondary N) is 1. The van der Waals surface area contributed by atoms with Gasteiger partial charge in [0.1, 0.15) is 6.07 Å². The van der Waals surface area contributed by atoms with Crippen LogP contribution >= 0.6 is 0 Å². The summed E-state index contributed by atoms with van der Waals surface area (Å²) in [5, 5.41) is 8.70. The monoisotopic (exact) mass is 358 g/mol.